The first kappa shape index (κ1) is 16.9. The second-order valence-electron chi connectivity index (χ2n) is 7.41. The molecule has 2 fully saturated rings. The molecule has 1 spiro atoms. The van der Waals surface area contributed by atoms with Crippen LogP contribution in [0.4, 0.5) is 4.79 Å². The summed E-state index contributed by atoms with van der Waals surface area (Å²) in [5.41, 5.74) is 1.94. The lowest BCUT2D eigenvalue weighted by atomic mass is 9.95. The van der Waals surface area contributed by atoms with Crippen molar-refractivity contribution >= 4 is 22.9 Å². The number of hydrogen-bond acceptors (Lipinski definition) is 3. The minimum Gasteiger partial charge on any atom is -0.441 e. The molecule has 4 rings (SSSR count). The lowest BCUT2D eigenvalue weighted by molar-refractivity contribution is -0.131. The van der Waals surface area contributed by atoms with Crippen LogP contribution >= 0.6 is 0 Å². The van der Waals surface area contributed by atoms with Crippen molar-refractivity contribution in [1.82, 2.24) is 14.8 Å². The van der Waals surface area contributed by atoms with Crippen LogP contribution in [0.2, 0.25) is 0 Å². The first-order valence-electron chi connectivity index (χ1n) is 9.36. The molecule has 3 heterocycles. The van der Waals surface area contributed by atoms with Crippen molar-refractivity contribution in [3.63, 3.8) is 0 Å². The lowest BCUT2D eigenvalue weighted by Crippen LogP contribution is -2.36. The molecular formula is C20H25N3O3. The molecule has 2 aliphatic heterocycles. The van der Waals surface area contributed by atoms with E-state index in [0.29, 0.717) is 32.5 Å². The Morgan fingerprint density at radius 3 is 2.92 bits per heavy atom. The van der Waals surface area contributed by atoms with Gasteiger partial charge in [-0.15, -0.1) is 0 Å². The summed E-state index contributed by atoms with van der Waals surface area (Å²) in [5, 5.41) is 3.96. The molecule has 6 nitrogen and oxygen atoms in total. The van der Waals surface area contributed by atoms with Gasteiger partial charge in [-0.2, -0.15) is 0 Å². The molecule has 0 aliphatic carbocycles. The maximum absolute atomic E-state index is 12.8. The number of nitrogens with one attached hydrogen (secondary N) is 1. The van der Waals surface area contributed by atoms with E-state index in [4.69, 9.17) is 4.74 Å². The Morgan fingerprint density at radius 1 is 1.27 bits per heavy atom. The van der Waals surface area contributed by atoms with Crippen LogP contribution in [-0.2, 0) is 16.1 Å². The summed E-state index contributed by atoms with van der Waals surface area (Å²) in [5.74, 6) is 0.177. The third kappa shape index (κ3) is 3.16. The number of alkyl carbamates (subject to hydrolysis) is 1. The van der Waals surface area contributed by atoms with Gasteiger partial charge in [-0.1, -0.05) is 18.2 Å². The Labute approximate surface area is 153 Å². The number of aryl methyl sites for hydroxylation is 2. The van der Waals surface area contributed by atoms with E-state index < -0.39 is 5.60 Å². The number of amides is 2. The fourth-order valence-electron chi connectivity index (χ4n) is 4.21. The Morgan fingerprint density at radius 2 is 2.12 bits per heavy atom. The molecule has 1 N–H and O–H groups in total. The Kier molecular flexibility index (Phi) is 4.34. The van der Waals surface area contributed by atoms with Gasteiger partial charge < -0.3 is 19.5 Å². The van der Waals surface area contributed by atoms with Gasteiger partial charge in [0.05, 0.1) is 6.54 Å². The fraction of sp³-hybridized carbons (Fsp3) is 0.500. The number of carbonyl (C=O) groups is 2. The molecule has 2 saturated heterocycles. The molecule has 0 bridgehead atoms. The number of carbonyl (C=O) groups excluding carboxylic acids is 2. The van der Waals surface area contributed by atoms with Gasteiger partial charge in [-0.25, -0.2) is 4.79 Å². The highest BCUT2D eigenvalue weighted by molar-refractivity contribution is 5.82. The van der Waals surface area contributed by atoms with E-state index in [9.17, 15) is 9.59 Å². The van der Waals surface area contributed by atoms with Crippen LogP contribution in [0, 0.1) is 6.92 Å². The molecule has 2 aliphatic rings. The van der Waals surface area contributed by atoms with Gasteiger partial charge in [0.2, 0.25) is 5.91 Å². The molecule has 1 aromatic carbocycles. The second kappa shape index (κ2) is 6.67. The number of nitrogens with zero attached hydrogens (tertiary/aromatic N) is 2. The molecule has 0 radical (unpaired) electrons. The average Bonchev–Trinajstić information content (AvgIpc) is 3.06. The van der Waals surface area contributed by atoms with Crippen molar-refractivity contribution < 1.29 is 14.3 Å². The van der Waals surface area contributed by atoms with Crippen LogP contribution in [0.15, 0.2) is 30.3 Å². The molecule has 1 unspecified atom stereocenters. The zero-order chi connectivity index (χ0) is 18.1. The summed E-state index contributed by atoms with van der Waals surface area (Å²) < 4.78 is 7.71. The van der Waals surface area contributed by atoms with E-state index in [1.807, 2.05) is 17.0 Å². The van der Waals surface area contributed by atoms with E-state index >= 15 is 0 Å². The van der Waals surface area contributed by atoms with Crippen LogP contribution in [0.5, 0.6) is 0 Å². The topological polar surface area (TPSA) is 63.6 Å². The first-order chi connectivity index (χ1) is 12.6. The van der Waals surface area contributed by atoms with Crippen molar-refractivity contribution in [3.8, 4) is 0 Å². The molecule has 0 saturated carbocycles. The van der Waals surface area contributed by atoms with Gasteiger partial charge in [0.15, 0.2) is 0 Å². The molecule has 138 valence electrons. The van der Waals surface area contributed by atoms with Gasteiger partial charge in [0.25, 0.3) is 0 Å². The third-order valence-electron chi connectivity index (χ3n) is 5.68. The van der Waals surface area contributed by atoms with Crippen molar-refractivity contribution in [2.24, 2.45) is 0 Å². The van der Waals surface area contributed by atoms with Crippen molar-refractivity contribution in [2.75, 3.05) is 19.6 Å². The first-order valence-corrected chi connectivity index (χ1v) is 9.36. The highest BCUT2D eigenvalue weighted by Crippen LogP contribution is 2.29. The van der Waals surface area contributed by atoms with Crippen molar-refractivity contribution in [3.05, 3.63) is 36.0 Å². The van der Waals surface area contributed by atoms with Gasteiger partial charge in [-0.3, -0.25) is 4.79 Å². The summed E-state index contributed by atoms with van der Waals surface area (Å²) >= 11 is 0. The summed E-state index contributed by atoms with van der Waals surface area (Å²) in [4.78, 5) is 26.1. The van der Waals surface area contributed by atoms with Crippen LogP contribution in [0.25, 0.3) is 10.9 Å². The van der Waals surface area contributed by atoms with Crippen LogP contribution < -0.4 is 5.32 Å². The quantitative estimate of drug-likeness (QED) is 0.921. The predicted octanol–water partition coefficient (Wildman–Crippen LogP) is 2.83. The maximum Gasteiger partial charge on any atom is 0.407 e. The van der Waals surface area contributed by atoms with Gasteiger partial charge in [-0.05, 0) is 37.3 Å². The number of benzene rings is 1. The zero-order valence-electron chi connectivity index (χ0n) is 15.2. The SMILES string of the molecule is Cc1cc2ccccc2n1CCC(=O)N1CCCC2(CC1)CNC(=O)O2. The molecule has 2 amide bonds. The number of para-hydroxylation sites is 1. The summed E-state index contributed by atoms with van der Waals surface area (Å²) in [6.45, 7) is 4.73. The minimum atomic E-state index is -0.417. The van der Waals surface area contributed by atoms with Crippen molar-refractivity contribution in [2.45, 2.75) is 44.8 Å². The van der Waals surface area contributed by atoms with E-state index in [1.165, 1.54) is 16.6 Å². The number of hydrogen-bond donors (Lipinski definition) is 1. The van der Waals surface area contributed by atoms with Crippen LogP contribution in [0.1, 0.15) is 31.4 Å². The lowest BCUT2D eigenvalue weighted by Gasteiger charge is -2.25. The molecule has 1 atom stereocenters. The number of fused-ring (bicyclic) bond motifs is 1. The average molecular weight is 355 g/mol. The van der Waals surface area contributed by atoms with E-state index in [2.05, 4.69) is 35.0 Å². The summed E-state index contributed by atoms with van der Waals surface area (Å²) in [7, 11) is 0. The van der Waals surface area contributed by atoms with Crippen molar-refractivity contribution in [1.29, 1.82) is 0 Å². The summed E-state index contributed by atoms with van der Waals surface area (Å²) in [6.07, 6.45) is 2.55. The monoisotopic (exact) mass is 355 g/mol. The molecule has 26 heavy (non-hydrogen) atoms. The standard InChI is InChI=1S/C20H25N3O3/c1-15-13-16-5-2-3-6-17(16)23(15)11-7-18(24)22-10-4-8-20(9-12-22)14-21-19(25)26-20/h2-3,5-6,13H,4,7-12,14H2,1H3,(H,21,25). The number of likely N-dealkylation sites (tertiary alicyclic amines) is 1. The molecular weight excluding hydrogens is 330 g/mol. The van der Waals surface area contributed by atoms with E-state index in [-0.39, 0.29) is 12.0 Å². The maximum atomic E-state index is 12.8. The number of rotatable bonds is 3. The van der Waals surface area contributed by atoms with Gasteiger partial charge in [0, 0.05) is 43.7 Å². The molecule has 1 aromatic heterocycles. The number of ether oxygens (including phenoxy) is 1. The smallest absolute Gasteiger partial charge is 0.407 e. The normalized spacial score (nSPS) is 23.1. The minimum absolute atomic E-state index is 0.177. The van der Waals surface area contributed by atoms with Crippen LogP contribution in [-0.4, -0.2) is 46.7 Å². The highest BCUT2D eigenvalue weighted by atomic mass is 16.6. The molecule has 2 aromatic rings. The largest absolute Gasteiger partial charge is 0.441 e. The number of aromatic nitrogens is 1. The van der Waals surface area contributed by atoms with E-state index in [1.54, 1.807) is 0 Å². The van der Waals surface area contributed by atoms with E-state index in [0.717, 1.165) is 19.4 Å². The third-order valence-corrected chi connectivity index (χ3v) is 5.68. The fourth-order valence-corrected chi connectivity index (χ4v) is 4.21. The second-order valence-corrected chi connectivity index (χ2v) is 7.41. The predicted molar refractivity (Wildman–Crippen MR) is 98.9 cm³/mol. The van der Waals surface area contributed by atoms with Gasteiger partial charge in [0.1, 0.15) is 5.60 Å². The molecule has 6 heteroatoms. The Bertz CT molecular complexity index is 844. The Balaban J connectivity index is 1.39. The van der Waals surface area contributed by atoms with Crippen LogP contribution in [0.3, 0.4) is 0 Å². The zero-order valence-corrected chi connectivity index (χ0v) is 15.2. The van der Waals surface area contributed by atoms with Gasteiger partial charge >= 0.3 is 6.09 Å². The Hall–Kier alpha value is -2.50. The highest BCUT2D eigenvalue weighted by Gasteiger charge is 2.41. The summed E-state index contributed by atoms with van der Waals surface area (Å²) in [6, 6.07) is 10.4.